The summed E-state index contributed by atoms with van der Waals surface area (Å²) in [6, 6.07) is 11.3. The van der Waals surface area contributed by atoms with Crippen LogP contribution in [0.4, 0.5) is 0 Å². The first kappa shape index (κ1) is 20.5. The Morgan fingerprint density at radius 2 is 1.93 bits per heavy atom. The van der Waals surface area contributed by atoms with Crippen molar-refractivity contribution < 1.29 is 14.3 Å². The molecule has 6 heteroatoms. The van der Waals surface area contributed by atoms with Gasteiger partial charge in [-0.2, -0.15) is 0 Å². The van der Waals surface area contributed by atoms with E-state index in [2.05, 4.69) is 4.98 Å². The van der Waals surface area contributed by atoms with Crippen molar-refractivity contribution >= 4 is 29.1 Å². The summed E-state index contributed by atoms with van der Waals surface area (Å²) in [5, 5.41) is 0.668. The van der Waals surface area contributed by atoms with Gasteiger partial charge in [0, 0.05) is 46.7 Å². The van der Waals surface area contributed by atoms with Crippen LogP contribution in [-0.4, -0.2) is 29.1 Å². The summed E-state index contributed by atoms with van der Waals surface area (Å²) in [6.07, 6.45) is 4.42. The fourth-order valence-corrected chi connectivity index (χ4v) is 4.61. The Morgan fingerprint density at radius 3 is 2.60 bits per heavy atom. The molecule has 3 unspecified atom stereocenters. The first-order valence-corrected chi connectivity index (χ1v) is 10.5. The van der Waals surface area contributed by atoms with E-state index in [1.165, 1.54) is 0 Å². The summed E-state index contributed by atoms with van der Waals surface area (Å²) >= 11 is 6.02. The number of hydrogen-bond donors (Lipinski definition) is 0. The van der Waals surface area contributed by atoms with Gasteiger partial charge < -0.3 is 4.74 Å². The maximum Gasteiger partial charge on any atom is 0.315 e. The van der Waals surface area contributed by atoms with Crippen molar-refractivity contribution in [3.63, 3.8) is 0 Å². The van der Waals surface area contributed by atoms with Crippen LogP contribution in [0.2, 0.25) is 5.02 Å². The molecule has 1 aliphatic carbocycles. The van der Waals surface area contributed by atoms with E-state index in [-0.39, 0.29) is 24.3 Å². The second-order valence-corrected chi connectivity index (χ2v) is 8.12. The number of aromatic nitrogens is 1. The monoisotopic (exact) mass is 422 g/mol. The molecule has 5 nitrogen and oxygen atoms in total. The number of Topliss-reactive ketones (excluding diaryl/α,β-unsaturated/α-hetero) is 1. The summed E-state index contributed by atoms with van der Waals surface area (Å²) in [7, 11) is 0. The Hall–Kier alpha value is -2.79. The number of carbonyl (C=O) groups excluding carboxylic acids is 2. The van der Waals surface area contributed by atoms with Crippen LogP contribution in [0.15, 0.2) is 65.1 Å². The lowest BCUT2D eigenvalue weighted by atomic mass is 9.69. The van der Waals surface area contributed by atoms with Crippen LogP contribution in [0.5, 0.6) is 0 Å². The highest BCUT2D eigenvalue weighted by Crippen LogP contribution is 2.46. The minimum atomic E-state index is -0.621. The summed E-state index contributed by atoms with van der Waals surface area (Å²) in [4.78, 5) is 35.1. The molecule has 0 radical (unpaired) electrons. The molecule has 2 aromatic rings. The van der Waals surface area contributed by atoms with Crippen molar-refractivity contribution in [2.45, 2.75) is 38.5 Å². The van der Waals surface area contributed by atoms with Gasteiger partial charge in [0.15, 0.2) is 5.78 Å². The smallest absolute Gasteiger partial charge is 0.315 e. The number of esters is 1. The van der Waals surface area contributed by atoms with Crippen LogP contribution in [0.1, 0.15) is 49.7 Å². The Bertz CT molecular complexity index is 1030. The van der Waals surface area contributed by atoms with Gasteiger partial charge in [0.2, 0.25) is 0 Å². The highest BCUT2D eigenvalue weighted by atomic mass is 35.5. The minimum Gasteiger partial charge on any atom is -0.465 e. The predicted octanol–water partition coefficient (Wildman–Crippen LogP) is 4.87. The first-order chi connectivity index (χ1) is 14.5. The van der Waals surface area contributed by atoms with Crippen molar-refractivity contribution in [3.8, 4) is 0 Å². The molecular formula is C24H23ClN2O3. The second-order valence-electron chi connectivity index (χ2n) is 7.69. The van der Waals surface area contributed by atoms with Gasteiger partial charge in [-0.1, -0.05) is 29.8 Å². The number of rotatable bonds is 4. The molecule has 30 heavy (non-hydrogen) atoms. The lowest BCUT2D eigenvalue weighted by Crippen LogP contribution is -2.38. The SMILES string of the molecule is CCOC(=O)C1C(C)=NC2=C(C(=O)CC(c3ccc(Cl)cc3)C2)C1c1cccnc1. The average Bonchev–Trinajstić information content (AvgIpc) is 2.74. The fraction of sp³-hybridized carbons (Fsp3) is 0.333. The van der Waals surface area contributed by atoms with E-state index in [1.807, 2.05) is 43.3 Å². The summed E-state index contributed by atoms with van der Waals surface area (Å²) in [5.74, 6) is -1.34. The normalized spacial score (nSPS) is 23.6. The van der Waals surface area contributed by atoms with Gasteiger partial charge in [0.25, 0.3) is 0 Å². The van der Waals surface area contributed by atoms with E-state index < -0.39 is 11.8 Å². The van der Waals surface area contributed by atoms with E-state index in [1.54, 1.807) is 19.3 Å². The molecule has 0 bridgehead atoms. The van der Waals surface area contributed by atoms with E-state index in [0.29, 0.717) is 29.1 Å². The molecule has 3 atom stereocenters. The number of halogens is 1. The van der Waals surface area contributed by atoms with Gasteiger partial charge in [-0.05, 0) is 55.5 Å². The van der Waals surface area contributed by atoms with Gasteiger partial charge >= 0.3 is 5.97 Å². The molecule has 1 aromatic heterocycles. The molecule has 0 saturated heterocycles. The maximum absolute atomic E-state index is 13.4. The maximum atomic E-state index is 13.4. The molecule has 0 fully saturated rings. The van der Waals surface area contributed by atoms with Crippen molar-refractivity contribution in [1.82, 2.24) is 4.98 Å². The van der Waals surface area contributed by atoms with Crippen molar-refractivity contribution in [1.29, 1.82) is 0 Å². The number of ketones is 1. The number of ether oxygens (including phenoxy) is 1. The number of allylic oxidation sites excluding steroid dienone is 2. The third-order valence-corrected chi connectivity index (χ3v) is 6.07. The van der Waals surface area contributed by atoms with Gasteiger partial charge in [0.05, 0.1) is 6.61 Å². The lowest BCUT2D eigenvalue weighted by Gasteiger charge is -2.36. The number of benzene rings is 1. The third kappa shape index (κ3) is 3.82. The van der Waals surface area contributed by atoms with Crippen LogP contribution in [0.3, 0.4) is 0 Å². The zero-order chi connectivity index (χ0) is 21.3. The van der Waals surface area contributed by atoms with E-state index in [4.69, 9.17) is 21.3 Å². The lowest BCUT2D eigenvalue weighted by molar-refractivity contribution is -0.146. The molecule has 2 heterocycles. The molecule has 154 valence electrons. The average molecular weight is 423 g/mol. The molecule has 1 aliphatic heterocycles. The van der Waals surface area contributed by atoms with Gasteiger partial charge in [0.1, 0.15) is 5.92 Å². The molecule has 0 amide bonds. The summed E-state index contributed by atoms with van der Waals surface area (Å²) in [5.41, 5.74) is 3.95. The standard InChI is InChI=1S/C24H23ClN2O3/c1-3-30-24(29)21-14(2)27-19-11-17(15-6-8-18(25)9-7-15)12-20(28)23(19)22(21)16-5-4-10-26-13-16/h4-10,13,17,21-22H,3,11-12H2,1-2H3. The summed E-state index contributed by atoms with van der Waals surface area (Å²) < 4.78 is 5.33. The van der Waals surface area contributed by atoms with Crippen molar-refractivity contribution in [2.24, 2.45) is 10.9 Å². The molecule has 0 N–H and O–H groups in total. The molecule has 0 saturated carbocycles. The predicted molar refractivity (Wildman–Crippen MR) is 116 cm³/mol. The zero-order valence-corrected chi connectivity index (χ0v) is 17.7. The number of pyridine rings is 1. The highest BCUT2D eigenvalue weighted by molar-refractivity contribution is 6.30. The molecular weight excluding hydrogens is 400 g/mol. The molecule has 4 rings (SSSR count). The van der Waals surface area contributed by atoms with Crippen LogP contribution in [-0.2, 0) is 14.3 Å². The van der Waals surface area contributed by atoms with Gasteiger partial charge in [-0.25, -0.2) is 0 Å². The molecule has 2 aliphatic rings. The fourth-order valence-electron chi connectivity index (χ4n) is 4.49. The van der Waals surface area contributed by atoms with Crippen LogP contribution in [0.25, 0.3) is 0 Å². The number of nitrogens with zero attached hydrogens (tertiary/aromatic N) is 2. The van der Waals surface area contributed by atoms with Crippen molar-refractivity contribution in [2.75, 3.05) is 6.61 Å². The van der Waals surface area contributed by atoms with Crippen LogP contribution < -0.4 is 0 Å². The third-order valence-electron chi connectivity index (χ3n) is 5.81. The Morgan fingerprint density at radius 1 is 1.17 bits per heavy atom. The zero-order valence-electron chi connectivity index (χ0n) is 17.0. The Labute approximate surface area is 180 Å². The largest absolute Gasteiger partial charge is 0.465 e. The Balaban J connectivity index is 1.78. The number of hydrogen-bond acceptors (Lipinski definition) is 5. The van der Waals surface area contributed by atoms with Gasteiger partial charge in [-0.15, -0.1) is 0 Å². The Kier molecular flexibility index (Phi) is 5.82. The van der Waals surface area contributed by atoms with E-state index in [0.717, 1.165) is 16.8 Å². The van der Waals surface area contributed by atoms with Crippen LogP contribution in [0, 0.1) is 5.92 Å². The quantitative estimate of drug-likeness (QED) is 0.659. The van der Waals surface area contributed by atoms with Crippen LogP contribution >= 0.6 is 11.6 Å². The second kappa shape index (κ2) is 8.52. The first-order valence-electron chi connectivity index (χ1n) is 10.1. The molecule has 0 spiro atoms. The molecule has 1 aromatic carbocycles. The highest BCUT2D eigenvalue weighted by Gasteiger charge is 2.44. The summed E-state index contributed by atoms with van der Waals surface area (Å²) in [6.45, 7) is 3.89. The topological polar surface area (TPSA) is 68.6 Å². The van der Waals surface area contributed by atoms with Crippen molar-refractivity contribution in [3.05, 3.63) is 76.2 Å². The minimum absolute atomic E-state index is 0.0237. The van der Waals surface area contributed by atoms with E-state index >= 15 is 0 Å². The van der Waals surface area contributed by atoms with Gasteiger partial charge in [-0.3, -0.25) is 19.6 Å². The number of carbonyl (C=O) groups is 2. The number of aliphatic imine (C=N–C) groups is 1. The van der Waals surface area contributed by atoms with E-state index in [9.17, 15) is 9.59 Å².